The molecular weight excluding hydrogens is 232 g/mol. The van der Waals surface area contributed by atoms with Crippen LogP contribution < -0.4 is 5.32 Å². The molecule has 0 amide bonds. The van der Waals surface area contributed by atoms with E-state index in [2.05, 4.69) is 16.3 Å². The molecule has 0 spiro atoms. The summed E-state index contributed by atoms with van der Waals surface area (Å²) in [7, 11) is 1.93. The lowest BCUT2D eigenvalue weighted by molar-refractivity contribution is -0.0440. The van der Waals surface area contributed by atoms with Gasteiger partial charge in [-0.15, -0.1) is 11.3 Å². The van der Waals surface area contributed by atoms with Gasteiger partial charge in [-0.05, 0) is 19.2 Å². The van der Waals surface area contributed by atoms with E-state index in [1.54, 1.807) is 11.3 Å². The minimum absolute atomic E-state index is 0.161. The molecule has 0 radical (unpaired) electrons. The summed E-state index contributed by atoms with van der Waals surface area (Å²) in [5.74, 6) is 0. The largest absolute Gasteiger partial charge is 0.361 e. The average Bonchev–Trinajstić information content (AvgIpc) is 2.64. The Hall–Kier alpha value is -0.130. The summed E-state index contributed by atoms with van der Waals surface area (Å²) in [5.41, 5.74) is 0. The van der Waals surface area contributed by atoms with Crippen LogP contribution in [-0.4, -0.2) is 37.9 Å². The van der Waals surface area contributed by atoms with Crippen molar-refractivity contribution in [1.29, 1.82) is 0 Å². The Kier molecular flexibility index (Phi) is 3.99. The molecule has 1 N–H and O–H groups in total. The van der Waals surface area contributed by atoms with E-state index in [0.717, 1.165) is 30.6 Å². The number of hydrogen-bond donors (Lipinski definition) is 1. The minimum atomic E-state index is 0.161. The highest BCUT2D eigenvalue weighted by Gasteiger charge is 2.19. The fourth-order valence-electron chi connectivity index (χ4n) is 1.68. The second-order valence-corrected chi connectivity index (χ2v) is 5.39. The first-order valence-electron chi connectivity index (χ1n) is 5.03. The molecule has 1 atom stereocenters. The van der Waals surface area contributed by atoms with E-state index >= 15 is 0 Å². The van der Waals surface area contributed by atoms with E-state index < -0.39 is 0 Å². The third kappa shape index (κ3) is 3.16. The Morgan fingerprint density at radius 2 is 2.53 bits per heavy atom. The quantitative estimate of drug-likeness (QED) is 0.880. The lowest BCUT2D eigenvalue weighted by Gasteiger charge is -2.32. The standard InChI is InChI=1S/C10H15ClN2OS/c1-12-10-7-13(4-5-14-10)6-8-2-3-9(11)15-8/h2-3,10,12H,4-7H2,1H3/t10-/m0/s1. The van der Waals surface area contributed by atoms with E-state index in [4.69, 9.17) is 16.3 Å². The second kappa shape index (κ2) is 5.27. The first kappa shape index (κ1) is 11.4. The Bertz CT molecular complexity index is 318. The van der Waals surface area contributed by atoms with Crippen LogP contribution in [0.4, 0.5) is 0 Å². The van der Waals surface area contributed by atoms with Gasteiger partial charge in [0.05, 0.1) is 10.9 Å². The SMILES string of the molecule is CN[C@@H]1CN(Cc2ccc(Cl)s2)CCO1. The molecule has 1 aromatic rings. The summed E-state index contributed by atoms with van der Waals surface area (Å²) >= 11 is 7.55. The average molecular weight is 247 g/mol. The number of hydrogen-bond acceptors (Lipinski definition) is 4. The third-order valence-corrected chi connectivity index (χ3v) is 3.70. The van der Waals surface area contributed by atoms with Crippen molar-refractivity contribution in [1.82, 2.24) is 10.2 Å². The number of likely N-dealkylation sites (N-methyl/N-ethyl adjacent to an activating group) is 1. The molecule has 2 heterocycles. The van der Waals surface area contributed by atoms with Crippen molar-refractivity contribution < 1.29 is 4.74 Å². The third-order valence-electron chi connectivity index (χ3n) is 2.48. The van der Waals surface area contributed by atoms with Crippen LogP contribution >= 0.6 is 22.9 Å². The monoisotopic (exact) mass is 246 g/mol. The molecule has 0 saturated carbocycles. The summed E-state index contributed by atoms with van der Waals surface area (Å²) < 4.78 is 6.39. The summed E-state index contributed by atoms with van der Waals surface area (Å²) in [6.07, 6.45) is 0.161. The number of nitrogens with one attached hydrogen (secondary N) is 1. The molecule has 0 aromatic carbocycles. The van der Waals surface area contributed by atoms with Gasteiger partial charge < -0.3 is 4.74 Å². The van der Waals surface area contributed by atoms with Gasteiger partial charge in [0, 0.05) is 24.5 Å². The van der Waals surface area contributed by atoms with Crippen LogP contribution in [0.1, 0.15) is 4.88 Å². The number of halogens is 1. The van der Waals surface area contributed by atoms with Crippen molar-refractivity contribution in [2.24, 2.45) is 0 Å². The maximum absolute atomic E-state index is 5.90. The first-order chi connectivity index (χ1) is 7.28. The maximum Gasteiger partial charge on any atom is 0.120 e. The maximum atomic E-state index is 5.90. The zero-order chi connectivity index (χ0) is 10.7. The van der Waals surface area contributed by atoms with Gasteiger partial charge in [0.2, 0.25) is 0 Å². The molecule has 1 aliphatic heterocycles. The number of morpholine rings is 1. The fraction of sp³-hybridized carbons (Fsp3) is 0.600. The van der Waals surface area contributed by atoms with Gasteiger partial charge in [-0.2, -0.15) is 0 Å². The molecule has 1 saturated heterocycles. The summed E-state index contributed by atoms with van der Waals surface area (Å²) in [6, 6.07) is 4.05. The van der Waals surface area contributed by atoms with Crippen molar-refractivity contribution >= 4 is 22.9 Å². The van der Waals surface area contributed by atoms with Gasteiger partial charge >= 0.3 is 0 Å². The molecule has 1 fully saturated rings. The predicted octanol–water partition coefficient (Wildman–Crippen LogP) is 1.78. The van der Waals surface area contributed by atoms with E-state index in [9.17, 15) is 0 Å². The molecule has 0 bridgehead atoms. The van der Waals surface area contributed by atoms with E-state index in [0.29, 0.717) is 0 Å². The normalized spacial score (nSPS) is 23.2. The second-order valence-electron chi connectivity index (χ2n) is 3.59. The Labute approximate surface area is 99.0 Å². The van der Waals surface area contributed by atoms with Crippen molar-refractivity contribution in [3.8, 4) is 0 Å². The molecule has 1 aliphatic rings. The van der Waals surface area contributed by atoms with Gasteiger partial charge in [-0.1, -0.05) is 11.6 Å². The van der Waals surface area contributed by atoms with Gasteiger partial charge in [0.15, 0.2) is 0 Å². The Balaban J connectivity index is 1.88. The van der Waals surface area contributed by atoms with Crippen LogP contribution in [0.25, 0.3) is 0 Å². The molecule has 0 unspecified atom stereocenters. The van der Waals surface area contributed by atoms with Crippen LogP contribution in [-0.2, 0) is 11.3 Å². The van der Waals surface area contributed by atoms with Crippen LogP contribution in [0.3, 0.4) is 0 Å². The Morgan fingerprint density at radius 1 is 1.67 bits per heavy atom. The van der Waals surface area contributed by atoms with Gasteiger partial charge in [-0.25, -0.2) is 0 Å². The van der Waals surface area contributed by atoms with Crippen molar-refractivity contribution in [3.05, 3.63) is 21.3 Å². The van der Waals surface area contributed by atoms with E-state index in [1.165, 1.54) is 4.88 Å². The summed E-state index contributed by atoms with van der Waals surface area (Å²) in [6.45, 7) is 3.70. The van der Waals surface area contributed by atoms with Crippen LogP contribution in [0.5, 0.6) is 0 Å². The van der Waals surface area contributed by atoms with Crippen LogP contribution in [0, 0.1) is 0 Å². The van der Waals surface area contributed by atoms with Gasteiger partial charge in [0.1, 0.15) is 6.23 Å². The van der Waals surface area contributed by atoms with Crippen molar-refractivity contribution in [3.63, 3.8) is 0 Å². The highest BCUT2D eigenvalue weighted by atomic mass is 35.5. The molecule has 3 nitrogen and oxygen atoms in total. The van der Waals surface area contributed by atoms with Crippen molar-refractivity contribution in [2.45, 2.75) is 12.8 Å². The summed E-state index contributed by atoms with van der Waals surface area (Å²) in [5, 5.41) is 3.14. The highest BCUT2D eigenvalue weighted by Crippen LogP contribution is 2.23. The Morgan fingerprint density at radius 3 is 3.20 bits per heavy atom. The van der Waals surface area contributed by atoms with Crippen LogP contribution in [0.15, 0.2) is 12.1 Å². The topological polar surface area (TPSA) is 24.5 Å². The zero-order valence-electron chi connectivity index (χ0n) is 8.70. The molecule has 2 rings (SSSR count). The van der Waals surface area contributed by atoms with Gasteiger partial charge in [0.25, 0.3) is 0 Å². The lowest BCUT2D eigenvalue weighted by atomic mass is 10.3. The molecule has 84 valence electrons. The van der Waals surface area contributed by atoms with Crippen molar-refractivity contribution in [2.75, 3.05) is 26.7 Å². The van der Waals surface area contributed by atoms with Crippen LogP contribution in [0.2, 0.25) is 4.34 Å². The fourth-order valence-corrected chi connectivity index (χ4v) is 2.81. The number of rotatable bonds is 3. The van der Waals surface area contributed by atoms with E-state index in [1.807, 2.05) is 13.1 Å². The molecule has 15 heavy (non-hydrogen) atoms. The first-order valence-corrected chi connectivity index (χ1v) is 6.23. The predicted molar refractivity (Wildman–Crippen MR) is 63.4 cm³/mol. The lowest BCUT2D eigenvalue weighted by Crippen LogP contribution is -2.47. The smallest absolute Gasteiger partial charge is 0.120 e. The number of ether oxygens (including phenoxy) is 1. The summed E-state index contributed by atoms with van der Waals surface area (Å²) in [4.78, 5) is 3.70. The molecular formula is C10H15ClN2OS. The number of nitrogens with zero attached hydrogens (tertiary/aromatic N) is 1. The molecule has 1 aromatic heterocycles. The molecule has 5 heteroatoms. The van der Waals surface area contributed by atoms with E-state index in [-0.39, 0.29) is 6.23 Å². The zero-order valence-corrected chi connectivity index (χ0v) is 10.3. The molecule has 0 aliphatic carbocycles. The number of thiophene rings is 1. The highest BCUT2D eigenvalue weighted by molar-refractivity contribution is 7.16. The van der Waals surface area contributed by atoms with Gasteiger partial charge in [-0.3, -0.25) is 10.2 Å². The minimum Gasteiger partial charge on any atom is -0.361 e.